The zero-order chi connectivity index (χ0) is 20.3. The van der Waals surface area contributed by atoms with Crippen LogP contribution in [0, 0.1) is 0 Å². The Hall–Kier alpha value is -2.50. The van der Waals surface area contributed by atoms with Gasteiger partial charge in [-0.3, -0.25) is 0 Å². The Labute approximate surface area is 148 Å². The van der Waals surface area contributed by atoms with Crippen LogP contribution < -0.4 is 5.32 Å². The Morgan fingerprint density at radius 1 is 1.11 bits per heavy atom. The number of amides is 1. The van der Waals surface area contributed by atoms with Crippen molar-refractivity contribution in [2.45, 2.75) is 37.3 Å². The van der Waals surface area contributed by atoms with Crippen molar-refractivity contribution in [3.63, 3.8) is 0 Å². The van der Waals surface area contributed by atoms with Crippen molar-refractivity contribution >= 4 is 12.1 Å². The molecule has 1 amide bonds. The molecule has 1 atom stereocenters. The second-order valence-electron chi connectivity index (χ2n) is 5.42. The first kappa shape index (κ1) is 20.8. The summed E-state index contributed by atoms with van der Waals surface area (Å²) < 4.78 is 88.7. The molecule has 1 unspecified atom stereocenters. The van der Waals surface area contributed by atoms with E-state index >= 15 is 0 Å². The highest BCUT2D eigenvalue weighted by molar-refractivity contribution is 5.77. The molecule has 1 heterocycles. The number of hydrogen-bond donors (Lipinski definition) is 1. The molecule has 1 aliphatic heterocycles. The molecule has 0 bridgehead atoms. The summed E-state index contributed by atoms with van der Waals surface area (Å²) in [7, 11) is 0. The average Bonchev–Trinajstić information content (AvgIpc) is 2.92. The molecule has 1 fully saturated rings. The minimum absolute atomic E-state index is 0.0973. The van der Waals surface area contributed by atoms with Gasteiger partial charge >= 0.3 is 30.2 Å². The van der Waals surface area contributed by atoms with Crippen LogP contribution in [0.1, 0.15) is 12.0 Å². The van der Waals surface area contributed by atoms with Crippen molar-refractivity contribution in [1.82, 2.24) is 5.32 Å². The second-order valence-corrected chi connectivity index (χ2v) is 5.42. The van der Waals surface area contributed by atoms with Gasteiger partial charge in [-0.15, -0.1) is 0 Å². The molecule has 6 nitrogen and oxygen atoms in total. The van der Waals surface area contributed by atoms with Crippen LogP contribution in [0.25, 0.3) is 0 Å². The number of alkyl halides is 6. The predicted octanol–water partition coefficient (Wildman–Crippen LogP) is 3.07. The molecule has 1 aromatic carbocycles. The van der Waals surface area contributed by atoms with E-state index in [9.17, 15) is 35.9 Å². The molecule has 0 radical (unpaired) electrons. The van der Waals surface area contributed by atoms with E-state index in [0.717, 1.165) is 0 Å². The highest BCUT2D eigenvalue weighted by Gasteiger charge is 2.80. The van der Waals surface area contributed by atoms with Crippen molar-refractivity contribution in [2.75, 3.05) is 6.54 Å². The van der Waals surface area contributed by atoms with Crippen molar-refractivity contribution in [3.05, 3.63) is 35.9 Å². The van der Waals surface area contributed by atoms with E-state index in [-0.39, 0.29) is 6.61 Å². The minimum atomic E-state index is -6.02. The Balaban J connectivity index is 1.86. The fourth-order valence-electron chi connectivity index (χ4n) is 2.15. The van der Waals surface area contributed by atoms with Crippen LogP contribution in [0.15, 0.2) is 30.3 Å². The van der Waals surface area contributed by atoms with Gasteiger partial charge < -0.3 is 19.5 Å². The maximum absolute atomic E-state index is 12.8. The van der Waals surface area contributed by atoms with Crippen molar-refractivity contribution < 1.29 is 50.1 Å². The predicted molar refractivity (Wildman–Crippen MR) is 75.1 cm³/mol. The van der Waals surface area contributed by atoms with E-state index in [1.165, 1.54) is 0 Å². The number of cyclic esters (lactones) is 1. The van der Waals surface area contributed by atoms with Crippen LogP contribution in [-0.4, -0.2) is 42.9 Å². The number of nitrogens with one attached hydrogen (secondary N) is 1. The Morgan fingerprint density at radius 2 is 1.70 bits per heavy atom. The molecule has 1 aliphatic rings. The Bertz CT molecular complexity index is 662. The van der Waals surface area contributed by atoms with Crippen molar-refractivity contribution in [3.8, 4) is 0 Å². The lowest BCUT2D eigenvalue weighted by Crippen LogP contribution is -2.58. The second kappa shape index (κ2) is 7.62. The lowest BCUT2D eigenvalue weighted by molar-refractivity contribution is -0.439. The number of carbonyl (C=O) groups is 2. The summed E-state index contributed by atoms with van der Waals surface area (Å²) in [5.74, 6) is -6.85. The summed E-state index contributed by atoms with van der Waals surface area (Å²) in [5.41, 5.74) is 0.662. The molecular formula is C15H13F6NO5. The van der Waals surface area contributed by atoms with Crippen molar-refractivity contribution in [2.24, 2.45) is 0 Å². The van der Waals surface area contributed by atoms with E-state index in [4.69, 9.17) is 4.74 Å². The third kappa shape index (κ3) is 4.62. The summed E-state index contributed by atoms with van der Waals surface area (Å²) in [5, 5.41) is 2.09. The maximum Gasteiger partial charge on any atom is 0.465 e. The molecule has 0 saturated carbocycles. The topological polar surface area (TPSA) is 73.9 Å². The van der Waals surface area contributed by atoms with Gasteiger partial charge in [0.2, 0.25) is 0 Å². The standard InChI is InChI=1S/C15H13F6NO5/c16-14(17,18)13(15(19,20)21)26-10(11(23)27-13)6-7-22-12(24)25-8-9-4-2-1-3-5-9/h1-5,10H,6-8H2,(H,22,24). The highest BCUT2D eigenvalue weighted by atomic mass is 19.4. The maximum atomic E-state index is 12.8. The lowest BCUT2D eigenvalue weighted by Gasteiger charge is -2.30. The first-order valence-electron chi connectivity index (χ1n) is 7.45. The first-order chi connectivity index (χ1) is 12.5. The molecule has 2 rings (SSSR count). The number of rotatable bonds is 5. The molecule has 0 spiro atoms. The van der Waals surface area contributed by atoms with E-state index < -0.39 is 49.3 Å². The first-order valence-corrected chi connectivity index (χ1v) is 7.45. The van der Waals surface area contributed by atoms with Crippen molar-refractivity contribution in [1.29, 1.82) is 0 Å². The average molecular weight is 401 g/mol. The summed E-state index contributed by atoms with van der Waals surface area (Å²) in [6.07, 6.45) is -15.8. The Morgan fingerprint density at radius 3 is 2.22 bits per heavy atom. The summed E-state index contributed by atoms with van der Waals surface area (Å²) in [4.78, 5) is 22.8. The number of esters is 1. The van der Waals surface area contributed by atoms with Gasteiger partial charge in [-0.2, -0.15) is 26.3 Å². The summed E-state index contributed by atoms with van der Waals surface area (Å²) in [6.45, 7) is -0.570. The fourth-order valence-corrected chi connectivity index (χ4v) is 2.15. The van der Waals surface area contributed by atoms with Crippen LogP contribution in [-0.2, 0) is 25.6 Å². The molecule has 1 aromatic rings. The van der Waals surface area contributed by atoms with E-state index in [0.29, 0.717) is 5.56 Å². The van der Waals surface area contributed by atoms with E-state index in [1.807, 2.05) is 0 Å². The van der Waals surface area contributed by atoms with Gasteiger partial charge in [-0.1, -0.05) is 30.3 Å². The zero-order valence-corrected chi connectivity index (χ0v) is 13.4. The zero-order valence-electron chi connectivity index (χ0n) is 13.4. The van der Waals surface area contributed by atoms with Gasteiger partial charge in [-0.05, 0) is 5.56 Å². The number of halogens is 6. The number of hydrogen-bond acceptors (Lipinski definition) is 5. The van der Waals surface area contributed by atoms with Gasteiger partial charge in [0.15, 0.2) is 6.10 Å². The van der Waals surface area contributed by atoms with Crippen LogP contribution in [0.2, 0.25) is 0 Å². The molecular weight excluding hydrogens is 388 g/mol. The third-order valence-electron chi connectivity index (χ3n) is 3.45. The van der Waals surface area contributed by atoms with Gasteiger partial charge in [0.05, 0.1) is 0 Å². The van der Waals surface area contributed by atoms with Crippen LogP contribution >= 0.6 is 0 Å². The highest BCUT2D eigenvalue weighted by Crippen LogP contribution is 2.50. The third-order valence-corrected chi connectivity index (χ3v) is 3.45. The van der Waals surface area contributed by atoms with Gasteiger partial charge in [-0.25, -0.2) is 9.59 Å². The van der Waals surface area contributed by atoms with Crippen LogP contribution in [0.4, 0.5) is 31.1 Å². The van der Waals surface area contributed by atoms with E-state index in [1.54, 1.807) is 30.3 Å². The van der Waals surface area contributed by atoms with Crippen LogP contribution in [0.3, 0.4) is 0 Å². The molecule has 1 saturated heterocycles. The molecule has 0 aliphatic carbocycles. The normalized spacial score (nSPS) is 19.5. The van der Waals surface area contributed by atoms with Crippen LogP contribution in [0.5, 0.6) is 0 Å². The summed E-state index contributed by atoms with van der Waals surface area (Å²) in [6, 6.07) is 8.49. The summed E-state index contributed by atoms with van der Waals surface area (Å²) >= 11 is 0. The molecule has 1 N–H and O–H groups in total. The number of alkyl carbamates (subject to hydrolysis) is 1. The molecule has 27 heavy (non-hydrogen) atoms. The Kier molecular flexibility index (Phi) is 5.88. The number of benzene rings is 1. The monoisotopic (exact) mass is 401 g/mol. The molecule has 150 valence electrons. The largest absolute Gasteiger partial charge is 0.465 e. The lowest BCUT2D eigenvalue weighted by atomic mass is 10.2. The van der Waals surface area contributed by atoms with Gasteiger partial charge in [0.25, 0.3) is 0 Å². The molecule has 0 aromatic heterocycles. The number of carbonyl (C=O) groups excluding carboxylic acids is 2. The minimum Gasteiger partial charge on any atom is -0.445 e. The smallest absolute Gasteiger partial charge is 0.445 e. The van der Waals surface area contributed by atoms with E-state index in [2.05, 4.69) is 14.8 Å². The van der Waals surface area contributed by atoms with Gasteiger partial charge in [0, 0.05) is 13.0 Å². The quantitative estimate of drug-likeness (QED) is 0.607. The SMILES string of the molecule is O=C(NCCC1OC(C(F)(F)F)(C(F)(F)F)OC1=O)OCc1ccccc1. The fraction of sp³-hybridized carbons (Fsp3) is 0.467. The number of ether oxygens (including phenoxy) is 3. The van der Waals surface area contributed by atoms with Gasteiger partial charge in [0.1, 0.15) is 6.61 Å². The molecule has 12 heteroatoms.